The molecule has 0 radical (unpaired) electrons. The highest BCUT2D eigenvalue weighted by Crippen LogP contribution is 2.13. The number of benzene rings is 2. The number of carbonyl (C=O) groups excluding carboxylic acids is 1. The minimum atomic E-state index is -0.402. The molecule has 26 heavy (non-hydrogen) atoms. The molecule has 1 aromatic heterocycles. The number of hydrogen-bond donors (Lipinski definition) is 1. The van der Waals surface area contributed by atoms with Crippen LogP contribution in [0.4, 0.5) is 15.9 Å². The van der Waals surface area contributed by atoms with Crippen LogP contribution >= 0.6 is 0 Å². The molecule has 0 saturated carbocycles. The fourth-order valence-corrected chi connectivity index (χ4v) is 2.32. The van der Waals surface area contributed by atoms with Crippen LogP contribution in [0, 0.1) is 17.9 Å². The van der Waals surface area contributed by atoms with Gasteiger partial charge in [-0.05, 0) is 55.5 Å². The third kappa shape index (κ3) is 4.30. The molecule has 3 rings (SSSR count). The number of aryl methyl sites for hydroxylation is 1. The van der Waals surface area contributed by atoms with Crippen LogP contribution in [-0.2, 0) is 0 Å². The van der Waals surface area contributed by atoms with Gasteiger partial charge in [-0.15, -0.1) is 0 Å². The average molecular weight is 349 g/mol. The Morgan fingerprint density at radius 1 is 1.08 bits per heavy atom. The minimum absolute atomic E-state index is 0.285. The molecule has 0 saturated heterocycles. The van der Waals surface area contributed by atoms with Crippen LogP contribution < -0.4 is 5.32 Å². The number of hydrogen-bond acceptors (Lipinski definition) is 3. The first kappa shape index (κ1) is 17.3. The first-order valence-electron chi connectivity index (χ1n) is 7.93. The molecule has 0 unspecified atom stereocenters. The molecule has 0 spiro atoms. The SMILES string of the molecule is Cc1cccc(NC(=O)c2ccc(/C=[N+](\[O-])c3ccc(F)cc3)cc2)n1. The number of nitrogens with one attached hydrogen (secondary N) is 1. The van der Waals surface area contributed by atoms with Crippen LogP contribution in [0.5, 0.6) is 0 Å². The van der Waals surface area contributed by atoms with Crippen LogP contribution in [0.2, 0.25) is 0 Å². The van der Waals surface area contributed by atoms with Crippen molar-refractivity contribution in [3.63, 3.8) is 0 Å². The predicted octanol–water partition coefficient (Wildman–Crippen LogP) is 4.04. The van der Waals surface area contributed by atoms with E-state index in [-0.39, 0.29) is 5.91 Å². The van der Waals surface area contributed by atoms with Crippen molar-refractivity contribution in [2.45, 2.75) is 6.92 Å². The molecule has 1 N–H and O–H groups in total. The Labute approximate surface area is 150 Å². The minimum Gasteiger partial charge on any atom is -0.618 e. The number of carbonyl (C=O) groups is 1. The lowest BCUT2D eigenvalue weighted by molar-refractivity contribution is -0.354. The maximum absolute atomic E-state index is 12.9. The van der Waals surface area contributed by atoms with Gasteiger partial charge >= 0.3 is 0 Å². The summed E-state index contributed by atoms with van der Waals surface area (Å²) in [5.41, 5.74) is 2.20. The van der Waals surface area contributed by atoms with E-state index in [0.29, 0.717) is 27.4 Å². The van der Waals surface area contributed by atoms with Crippen molar-refractivity contribution in [3.8, 4) is 0 Å². The summed E-state index contributed by atoms with van der Waals surface area (Å²) in [5.74, 6) is -0.208. The van der Waals surface area contributed by atoms with Gasteiger partial charge in [0.15, 0.2) is 6.21 Å². The van der Waals surface area contributed by atoms with Crippen molar-refractivity contribution in [2.24, 2.45) is 0 Å². The molecule has 130 valence electrons. The third-order valence-corrected chi connectivity index (χ3v) is 3.65. The first-order chi connectivity index (χ1) is 12.5. The topological polar surface area (TPSA) is 68.1 Å². The van der Waals surface area contributed by atoms with E-state index in [2.05, 4.69) is 10.3 Å². The highest BCUT2D eigenvalue weighted by Gasteiger charge is 2.08. The molecule has 6 heteroatoms. The molecular weight excluding hydrogens is 333 g/mol. The summed E-state index contributed by atoms with van der Waals surface area (Å²) in [7, 11) is 0. The summed E-state index contributed by atoms with van der Waals surface area (Å²) in [6.45, 7) is 1.84. The van der Waals surface area contributed by atoms with Crippen LogP contribution in [0.1, 0.15) is 21.6 Å². The number of amides is 1. The Morgan fingerprint density at radius 2 is 1.77 bits per heavy atom. The van der Waals surface area contributed by atoms with E-state index in [0.717, 1.165) is 5.69 Å². The van der Waals surface area contributed by atoms with Crippen LogP contribution in [0.25, 0.3) is 0 Å². The number of aromatic nitrogens is 1. The molecular formula is C20H16FN3O2. The standard InChI is InChI=1S/C20H16FN3O2/c1-14-3-2-4-19(22-14)23-20(25)16-7-5-15(6-8-16)13-24(26)18-11-9-17(21)10-12-18/h2-13H,1H3,(H,22,23,25)/b24-13-. The van der Waals surface area contributed by atoms with Gasteiger partial charge in [-0.1, -0.05) is 6.07 Å². The van der Waals surface area contributed by atoms with Crippen LogP contribution in [-0.4, -0.2) is 21.8 Å². The summed E-state index contributed by atoms with van der Waals surface area (Å²) in [4.78, 5) is 16.5. The number of anilines is 1. The Hall–Kier alpha value is -3.54. The quantitative estimate of drug-likeness (QED) is 0.334. The molecule has 0 fully saturated rings. The largest absolute Gasteiger partial charge is 0.618 e. The summed E-state index contributed by atoms with van der Waals surface area (Å²) in [6, 6.07) is 17.2. The highest BCUT2D eigenvalue weighted by molar-refractivity contribution is 6.04. The lowest BCUT2D eigenvalue weighted by Crippen LogP contribution is -2.13. The molecule has 3 aromatic rings. The number of nitrogens with zero attached hydrogens (tertiary/aromatic N) is 2. The van der Waals surface area contributed by atoms with E-state index in [4.69, 9.17) is 0 Å². The van der Waals surface area contributed by atoms with Crippen molar-refractivity contribution >= 4 is 23.6 Å². The van der Waals surface area contributed by atoms with Crippen molar-refractivity contribution in [2.75, 3.05) is 5.32 Å². The Kier molecular flexibility index (Phi) is 5.03. The normalized spacial score (nSPS) is 11.2. The van der Waals surface area contributed by atoms with Gasteiger partial charge in [0, 0.05) is 29.0 Å². The van der Waals surface area contributed by atoms with E-state index in [9.17, 15) is 14.4 Å². The van der Waals surface area contributed by atoms with E-state index < -0.39 is 5.82 Å². The van der Waals surface area contributed by atoms with Crippen molar-refractivity contribution < 1.29 is 13.9 Å². The van der Waals surface area contributed by atoms with Gasteiger partial charge in [0.1, 0.15) is 11.6 Å². The van der Waals surface area contributed by atoms with Crippen LogP contribution in [0.15, 0.2) is 66.7 Å². The molecule has 0 aliphatic heterocycles. The smallest absolute Gasteiger partial charge is 0.256 e. The maximum atomic E-state index is 12.9. The molecule has 2 aromatic carbocycles. The first-order valence-corrected chi connectivity index (χ1v) is 7.93. The summed E-state index contributed by atoms with van der Waals surface area (Å²) in [6.07, 6.45) is 1.36. The summed E-state index contributed by atoms with van der Waals surface area (Å²) < 4.78 is 13.5. The molecule has 0 bridgehead atoms. The van der Waals surface area contributed by atoms with Gasteiger partial charge in [-0.25, -0.2) is 9.37 Å². The summed E-state index contributed by atoms with van der Waals surface area (Å²) in [5, 5.41) is 14.8. The highest BCUT2D eigenvalue weighted by atomic mass is 19.1. The Morgan fingerprint density at radius 3 is 2.42 bits per heavy atom. The fourth-order valence-electron chi connectivity index (χ4n) is 2.32. The second kappa shape index (κ2) is 7.57. The monoisotopic (exact) mass is 349 g/mol. The van der Waals surface area contributed by atoms with Crippen molar-refractivity contribution in [1.82, 2.24) is 4.98 Å². The van der Waals surface area contributed by atoms with E-state index in [1.807, 2.05) is 19.1 Å². The van der Waals surface area contributed by atoms with Gasteiger partial charge in [0.25, 0.3) is 5.91 Å². The van der Waals surface area contributed by atoms with E-state index in [1.165, 1.54) is 30.5 Å². The lowest BCUT2D eigenvalue weighted by atomic mass is 10.1. The average Bonchev–Trinajstić information content (AvgIpc) is 2.63. The zero-order valence-corrected chi connectivity index (χ0v) is 14.0. The zero-order valence-electron chi connectivity index (χ0n) is 14.0. The zero-order chi connectivity index (χ0) is 18.5. The lowest BCUT2D eigenvalue weighted by Gasteiger charge is -2.06. The van der Waals surface area contributed by atoms with Gasteiger partial charge < -0.3 is 10.5 Å². The van der Waals surface area contributed by atoms with Gasteiger partial charge in [-0.3, -0.25) is 4.79 Å². The molecule has 1 amide bonds. The second-order valence-corrected chi connectivity index (χ2v) is 5.67. The van der Waals surface area contributed by atoms with Gasteiger partial charge in [-0.2, -0.15) is 4.74 Å². The van der Waals surface area contributed by atoms with Gasteiger partial charge in [0.2, 0.25) is 5.69 Å². The fraction of sp³-hybridized carbons (Fsp3) is 0.0500. The predicted molar refractivity (Wildman–Crippen MR) is 98.2 cm³/mol. The number of halogens is 1. The van der Waals surface area contributed by atoms with E-state index in [1.54, 1.807) is 30.3 Å². The van der Waals surface area contributed by atoms with Crippen molar-refractivity contribution in [3.05, 3.63) is 94.6 Å². The Bertz CT molecular complexity index is 952. The maximum Gasteiger partial charge on any atom is 0.256 e. The summed E-state index contributed by atoms with van der Waals surface area (Å²) >= 11 is 0. The third-order valence-electron chi connectivity index (χ3n) is 3.65. The number of pyridine rings is 1. The molecule has 1 heterocycles. The van der Waals surface area contributed by atoms with E-state index >= 15 is 0 Å². The Balaban J connectivity index is 1.72. The molecule has 0 aliphatic rings. The molecule has 0 atom stereocenters. The van der Waals surface area contributed by atoms with Gasteiger partial charge in [0.05, 0.1) is 0 Å². The second-order valence-electron chi connectivity index (χ2n) is 5.67. The van der Waals surface area contributed by atoms with Crippen LogP contribution in [0.3, 0.4) is 0 Å². The molecule has 0 aliphatic carbocycles. The molecule has 5 nitrogen and oxygen atoms in total. The van der Waals surface area contributed by atoms with Crippen molar-refractivity contribution in [1.29, 1.82) is 0 Å². The number of rotatable bonds is 4.